The molecule has 0 saturated carbocycles. The van der Waals surface area contributed by atoms with Crippen LogP contribution in [0.5, 0.6) is 0 Å². The Labute approximate surface area is 117 Å². The van der Waals surface area contributed by atoms with Crippen LogP contribution >= 0.6 is 0 Å². The Balaban J connectivity index is 3.27. The number of amides is 1. The maximum absolute atomic E-state index is 12.0. The number of sulfone groups is 1. The molecule has 0 aliphatic heterocycles. The van der Waals surface area contributed by atoms with E-state index in [1.54, 1.807) is 13.8 Å². The number of hydrogen-bond donors (Lipinski definition) is 2. The van der Waals surface area contributed by atoms with Gasteiger partial charge >= 0.3 is 5.97 Å². The Hall–Kier alpha value is -1.89. The van der Waals surface area contributed by atoms with E-state index in [0.717, 1.165) is 6.26 Å². The van der Waals surface area contributed by atoms with Crippen LogP contribution in [-0.2, 0) is 14.6 Å². The molecule has 0 aliphatic rings. The number of nitrogens with one attached hydrogen (secondary N) is 1. The number of hydrogen-bond acceptors (Lipinski definition) is 4. The standard InChI is InChI=1S/C13H17NO5S/c1-7-5-10(20(4,18)19)6-11(8(7)2)12(15)14-9(3)13(16)17/h5-6,9H,1-4H3,(H,14,15)(H,16,17). The van der Waals surface area contributed by atoms with Gasteiger partial charge in [0, 0.05) is 11.8 Å². The van der Waals surface area contributed by atoms with Gasteiger partial charge in [-0.3, -0.25) is 9.59 Å². The third kappa shape index (κ3) is 3.57. The molecule has 1 amide bonds. The van der Waals surface area contributed by atoms with E-state index >= 15 is 0 Å². The maximum Gasteiger partial charge on any atom is 0.325 e. The molecule has 0 aliphatic carbocycles. The van der Waals surface area contributed by atoms with Crippen molar-refractivity contribution in [3.63, 3.8) is 0 Å². The van der Waals surface area contributed by atoms with Crippen LogP contribution in [0.4, 0.5) is 0 Å². The molecule has 1 unspecified atom stereocenters. The summed E-state index contributed by atoms with van der Waals surface area (Å²) in [6.07, 6.45) is 1.05. The van der Waals surface area contributed by atoms with Gasteiger partial charge in [-0.25, -0.2) is 8.42 Å². The highest BCUT2D eigenvalue weighted by Gasteiger charge is 2.20. The summed E-state index contributed by atoms with van der Waals surface area (Å²) in [6, 6.07) is 1.70. The molecular weight excluding hydrogens is 282 g/mol. The van der Waals surface area contributed by atoms with Crippen LogP contribution in [0.3, 0.4) is 0 Å². The molecule has 7 heteroatoms. The normalized spacial score (nSPS) is 12.8. The van der Waals surface area contributed by atoms with Gasteiger partial charge in [-0.15, -0.1) is 0 Å². The van der Waals surface area contributed by atoms with Crippen molar-refractivity contribution in [1.29, 1.82) is 0 Å². The van der Waals surface area contributed by atoms with E-state index in [1.807, 2.05) is 0 Å². The number of carbonyl (C=O) groups excluding carboxylic acids is 1. The molecule has 6 nitrogen and oxygen atoms in total. The van der Waals surface area contributed by atoms with Crippen molar-refractivity contribution in [1.82, 2.24) is 5.32 Å². The quantitative estimate of drug-likeness (QED) is 0.860. The van der Waals surface area contributed by atoms with Crippen molar-refractivity contribution in [2.24, 2.45) is 0 Å². The third-order valence-electron chi connectivity index (χ3n) is 3.03. The van der Waals surface area contributed by atoms with Crippen molar-refractivity contribution in [2.75, 3.05) is 6.26 Å². The van der Waals surface area contributed by atoms with E-state index in [2.05, 4.69) is 5.32 Å². The highest BCUT2D eigenvalue weighted by molar-refractivity contribution is 7.90. The second kappa shape index (κ2) is 5.62. The molecule has 20 heavy (non-hydrogen) atoms. The highest BCUT2D eigenvalue weighted by Crippen LogP contribution is 2.20. The van der Waals surface area contributed by atoms with E-state index < -0.39 is 27.8 Å². The Kier molecular flexibility index (Phi) is 4.54. The average Bonchev–Trinajstić information content (AvgIpc) is 2.30. The van der Waals surface area contributed by atoms with Crippen LogP contribution in [0.1, 0.15) is 28.4 Å². The summed E-state index contributed by atoms with van der Waals surface area (Å²) < 4.78 is 23.2. The van der Waals surface area contributed by atoms with E-state index in [0.29, 0.717) is 11.1 Å². The van der Waals surface area contributed by atoms with Crippen molar-refractivity contribution in [2.45, 2.75) is 31.7 Å². The summed E-state index contributed by atoms with van der Waals surface area (Å²) in [6.45, 7) is 4.71. The first-order valence-electron chi connectivity index (χ1n) is 5.89. The van der Waals surface area contributed by atoms with Crippen LogP contribution in [0.25, 0.3) is 0 Å². The fraction of sp³-hybridized carbons (Fsp3) is 0.385. The number of rotatable bonds is 4. The van der Waals surface area contributed by atoms with Gasteiger partial charge in [0.05, 0.1) is 4.90 Å². The first kappa shape index (κ1) is 16.2. The van der Waals surface area contributed by atoms with Gasteiger partial charge in [-0.2, -0.15) is 0 Å². The minimum atomic E-state index is -3.44. The van der Waals surface area contributed by atoms with Crippen LogP contribution < -0.4 is 5.32 Å². The molecule has 0 aromatic heterocycles. The molecule has 0 spiro atoms. The molecule has 1 aromatic rings. The summed E-state index contributed by atoms with van der Waals surface area (Å²) in [4.78, 5) is 22.8. The van der Waals surface area contributed by atoms with Crippen molar-refractivity contribution >= 4 is 21.7 Å². The summed E-state index contributed by atoms with van der Waals surface area (Å²) in [5, 5.41) is 11.1. The molecular formula is C13H17NO5S. The van der Waals surface area contributed by atoms with Gasteiger partial charge in [0.2, 0.25) is 0 Å². The van der Waals surface area contributed by atoms with Gasteiger partial charge in [0.1, 0.15) is 6.04 Å². The molecule has 1 atom stereocenters. The zero-order chi connectivity index (χ0) is 15.7. The van der Waals surface area contributed by atoms with Gasteiger partial charge in [-0.05, 0) is 44.0 Å². The smallest absolute Gasteiger partial charge is 0.325 e. The topological polar surface area (TPSA) is 101 Å². The predicted octanol–water partition coefficient (Wildman–Crippen LogP) is 0.910. The zero-order valence-corrected chi connectivity index (χ0v) is 12.5. The number of carboxylic acid groups (broad SMARTS) is 1. The Morgan fingerprint density at radius 2 is 1.80 bits per heavy atom. The zero-order valence-electron chi connectivity index (χ0n) is 11.7. The lowest BCUT2D eigenvalue weighted by atomic mass is 10.0. The third-order valence-corrected chi connectivity index (χ3v) is 4.12. The van der Waals surface area contributed by atoms with Crippen LogP contribution in [0.15, 0.2) is 17.0 Å². The summed E-state index contributed by atoms with van der Waals surface area (Å²) in [7, 11) is -3.44. The van der Waals surface area contributed by atoms with Crippen LogP contribution in [0, 0.1) is 13.8 Å². The minimum Gasteiger partial charge on any atom is -0.480 e. The molecule has 1 rings (SSSR count). The highest BCUT2D eigenvalue weighted by atomic mass is 32.2. The SMILES string of the molecule is Cc1cc(S(C)(=O)=O)cc(C(=O)NC(C)C(=O)O)c1C. The van der Waals surface area contributed by atoms with Crippen molar-refractivity contribution in [3.05, 3.63) is 28.8 Å². The summed E-state index contributed by atoms with van der Waals surface area (Å²) in [5.41, 5.74) is 1.44. The van der Waals surface area contributed by atoms with Crippen LogP contribution in [0.2, 0.25) is 0 Å². The number of benzene rings is 1. The van der Waals surface area contributed by atoms with Gasteiger partial charge in [0.25, 0.3) is 5.91 Å². The lowest BCUT2D eigenvalue weighted by Crippen LogP contribution is -2.38. The van der Waals surface area contributed by atoms with Gasteiger partial charge in [-0.1, -0.05) is 0 Å². The lowest BCUT2D eigenvalue weighted by Gasteiger charge is -2.13. The van der Waals surface area contributed by atoms with Crippen molar-refractivity contribution in [3.8, 4) is 0 Å². The largest absolute Gasteiger partial charge is 0.480 e. The number of carbonyl (C=O) groups is 2. The molecule has 110 valence electrons. The van der Waals surface area contributed by atoms with E-state index in [4.69, 9.17) is 5.11 Å². The molecule has 0 radical (unpaired) electrons. The van der Waals surface area contributed by atoms with Gasteiger partial charge < -0.3 is 10.4 Å². The second-order valence-corrected chi connectivity index (χ2v) is 6.73. The van der Waals surface area contributed by atoms with Crippen LogP contribution in [-0.4, -0.2) is 37.7 Å². The molecule has 0 bridgehead atoms. The lowest BCUT2D eigenvalue weighted by molar-refractivity contribution is -0.138. The molecule has 0 saturated heterocycles. The predicted molar refractivity (Wildman–Crippen MR) is 73.6 cm³/mol. The van der Waals surface area contributed by atoms with Crippen molar-refractivity contribution < 1.29 is 23.1 Å². The van der Waals surface area contributed by atoms with E-state index in [9.17, 15) is 18.0 Å². The molecule has 0 fully saturated rings. The number of aliphatic carboxylic acids is 1. The average molecular weight is 299 g/mol. The summed E-state index contributed by atoms with van der Waals surface area (Å²) >= 11 is 0. The first-order valence-corrected chi connectivity index (χ1v) is 7.78. The number of carboxylic acids is 1. The molecule has 2 N–H and O–H groups in total. The first-order chi connectivity index (χ1) is 9.04. The monoisotopic (exact) mass is 299 g/mol. The fourth-order valence-electron chi connectivity index (χ4n) is 1.61. The summed E-state index contributed by atoms with van der Waals surface area (Å²) in [5.74, 6) is -1.77. The molecule has 0 heterocycles. The minimum absolute atomic E-state index is 0.0359. The maximum atomic E-state index is 12.0. The van der Waals surface area contributed by atoms with Gasteiger partial charge in [0.15, 0.2) is 9.84 Å². The second-order valence-electron chi connectivity index (χ2n) is 4.72. The molecule has 1 aromatic carbocycles. The Morgan fingerprint density at radius 1 is 1.25 bits per heavy atom. The number of aryl methyl sites for hydroxylation is 1. The van der Waals surface area contributed by atoms with E-state index in [1.165, 1.54) is 19.1 Å². The fourth-order valence-corrected chi connectivity index (χ4v) is 2.34. The Morgan fingerprint density at radius 3 is 2.25 bits per heavy atom. The Bertz CT molecular complexity index is 664. The van der Waals surface area contributed by atoms with E-state index in [-0.39, 0.29) is 10.5 Å².